The molecule has 8 heteroatoms. The maximum atomic E-state index is 12.1. The minimum atomic E-state index is -3.04. The van der Waals surface area contributed by atoms with Crippen LogP contribution in [0.3, 0.4) is 0 Å². The highest BCUT2D eigenvalue weighted by Crippen LogP contribution is 2.23. The minimum Gasteiger partial charge on any atom is -0.361 e. The van der Waals surface area contributed by atoms with Gasteiger partial charge in [-0.3, -0.25) is 4.99 Å². The number of nitrogens with zero attached hydrogens (tertiary/aromatic N) is 3. The lowest BCUT2D eigenvalue weighted by Crippen LogP contribution is -2.57. The summed E-state index contributed by atoms with van der Waals surface area (Å²) in [4.78, 5) is 6.33. The molecule has 0 aromatic carbocycles. The first kappa shape index (κ1) is 18.8. The van der Waals surface area contributed by atoms with Gasteiger partial charge in [-0.1, -0.05) is 5.16 Å². The second kappa shape index (κ2) is 7.13. The molecule has 0 atom stereocenters. The first-order valence-electron chi connectivity index (χ1n) is 8.27. The number of guanidine groups is 1. The highest BCUT2D eigenvalue weighted by molar-refractivity contribution is 7.92. The molecule has 2 heterocycles. The number of rotatable bonds is 4. The van der Waals surface area contributed by atoms with Crippen LogP contribution in [0.1, 0.15) is 37.3 Å². The molecule has 1 saturated heterocycles. The quantitative estimate of drug-likeness (QED) is 0.497. The smallest absolute Gasteiger partial charge is 0.193 e. The van der Waals surface area contributed by atoms with Crippen molar-refractivity contribution in [3.8, 4) is 0 Å². The molecule has 0 saturated carbocycles. The summed E-state index contributed by atoms with van der Waals surface area (Å²) in [6, 6.07) is 0. The van der Waals surface area contributed by atoms with Crippen molar-refractivity contribution in [3.63, 3.8) is 0 Å². The molecule has 1 N–H and O–H groups in total. The fourth-order valence-corrected chi connectivity index (χ4v) is 4.35. The zero-order valence-electron chi connectivity index (χ0n) is 15.2. The first-order valence-corrected chi connectivity index (χ1v) is 9.93. The Morgan fingerprint density at radius 3 is 2.67 bits per heavy atom. The maximum absolute atomic E-state index is 12.1. The topological polar surface area (TPSA) is 87.8 Å². The van der Waals surface area contributed by atoms with Crippen molar-refractivity contribution in [2.24, 2.45) is 4.99 Å². The summed E-state index contributed by atoms with van der Waals surface area (Å²) in [7, 11) is -1.31. The second-order valence-corrected chi connectivity index (χ2v) is 9.62. The van der Waals surface area contributed by atoms with Crippen molar-refractivity contribution in [2.45, 2.75) is 45.3 Å². The summed E-state index contributed by atoms with van der Waals surface area (Å²) in [6.45, 7) is 9.14. The van der Waals surface area contributed by atoms with Gasteiger partial charge < -0.3 is 14.7 Å². The summed E-state index contributed by atoms with van der Waals surface area (Å²) in [5.41, 5.74) is 2.11. The molecule has 0 radical (unpaired) electrons. The third kappa shape index (κ3) is 3.91. The number of aliphatic imine (C=N–C) groups is 1. The number of aromatic nitrogens is 1. The molecule has 24 heavy (non-hydrogen) atoms. The largest absolute Gasteiger partial charge is 0.361 e. The van der Waals surface area contributed by atoms with Gasteiger partial charge in [-0.25, -0.2) is 8.42 Å². The second-order valence-electron chi connectivity index (χ2n) is 6.88. The summed E-state index contributed by atoms with van der Waals surface area (Å²) in [6.07, 6.45) is 1.82. The van der Waals surface area contributed by atoms with Crippen LogP contribution in [-0.2, 0) is 16.3 Å². The van der Waals surface area contributed by atoms with E-state index in [0.717, 1.165) is 42.4 Å². The van der Waals surface area contributed by atoms with Crippen molar-refractivity contribution in [2.75, 3.05) is 32.4 Å². The number of nitrogens with one attached hydrogen (secondary N) is 1. The SMILES string of the molecule is CN=C(NCCCc1c(C)noc1C)N1CCS(=O)(=O)C(C)(C)C1. The number of hydrogen-bond acceptors (Lipinski definition) is 5. The van der Waals surface area contributed by atoms with Crippen molar-refractivity contribution >= 4 is 15.8 Å². The lowest BCUT2D eigenvalue weighted by Gasteiger charge is -2.39. The molecule has 0 aliphatic carbocycles. The fraction of sp³-hybridized carbons (Fsp3) is 0.750. The first-order chi connectivity index (χ1) is 11.2. The maximum Gasteiger partial charge on any atom is 0.193 e. The third-order valence-electron chi connectivity index (χ3n) is 4.62. The Labute approximate surface area is 144 Å². The van der Waals surface area contributed by atoms with E-state index in [1.165, 1.54) is 0 Å². The van der Waals surface area contributed by atoms with Crippen molar-refractivity contribution in [1.82, 2.24) is 15.4 Å². The standard InChI is InChI=1S/C16H28N4O3S/c1-12-14(13(2)23-19-12)7-6-8-18-15(17-5)20-9-10-24(21,22)16(3,4)11-20/h6-11H2,1-5H3,(H,17,18). The van der Waals surface area contributed by atoms with Gasteiger partial charge in [0.2, 0.25) is 0 Å². The van der Waals surface area contributed by atoms with E-state index >= 15 is 0 Å². The van der Waals surface area contributed by atoms with E-state index in [4.69, 9.17) is 4.52 Å². The normalized spacial score (nSPS) is 20.2. The van der Waals surface area contributed by atoms with E-state index in [0.29, 0.717) is 13.1 Å². The number of hydrogen-bond donors (Lipinski definition) is 1. The predicted molar refractivity (Wildman–Crippen MR) is 95.1 cm³/mol. The Bertz CT molecular complexity index is 687. The molecule has 1 aromatic rings. The molecule has 0 amide bonds. The van der Waals surface area contributed by atoms with E-state index in [1.807, 2.05) is 18.7 Å². The Hall–Kier alpha value is -1.57. The van der Waals surface area contributed by atoms with Crippen LogP contribution in [0.25, 0.3) is 0 Å². The molecule has 1 aliphatic rings. The minimum absolute atomic E-state index is 0.166. The Balaban J connectivity index is 1.87. The molecule has 0 unspecified atom stereocenters. The molecule has 0 spiro atoms. The van der Waals surface area contributed by atoms with Gasteiger partial charge in [0.05, 0.1) is 16.2 Å². The molecule has 136 valence electrons. The molecule has 1 fully saturated rings. The summed E-state index contributed by atoms with van der Waals surface area (Å²) < 4.78 is 28.6. The van der Waals surface area contributed by atoms with Crippen LogP contribution in [0.5, 0.6) is 0 Å². The van der Waals surface area contributed by atoms with E-state index in [1.54, 1.807) is 20.9 Å². The van der Waals surface area contributed by atoms with Crippen molar-refractivity contribution < 1.29 is 12.9 Å². The lowest BCUT2D eigenvalue weighted by molar-refractivity contribution is 0.353. The Kier molecular flexibility index (Phi) is 5.57. The number of aryl methyl sites for hydroxylation is 2. The monoisotopic (exact) mass is 356 g/mol. The van der Waals surface area contributed by atoms with Gasteiger partial charge in [0.15, 0.2) is 15.8 Å². The average Bonchev–Trinajstić information content (AvgIpc) is 2.82. The molecule has 0 bridgehead atoms. The molecule has 7 nitrogen and oxygen atoms in total. The van der Waals surface area contributed by atoms with Gasteiger partial charge in [-0.05, 0) is 40.5 Å². The van der Waals surface area contributed by atoms with Crippen molar-refractivity contribution in [1.29, 1.82) is 0 Å². The van der Waals surface area contributed by atoms with E-state index < -0.39 is 14.6 Å². The van der Waals surface area contributed by atoms with Crippen LogP contribution in [0.4, 0.5) is 0 Å². The van der Waals surface area contributed by atoms with Gasteiger partial charge in [0.1, 0.15) is 5.76 Å². The zero-order chi connectivity index (χ0) is 18.0. The fourth-order valence-electron chi connectivity index (χ4n) is 2.98. The Morgan fingerprint density at radius 2 is 2.12 bits per heavy atom. The van der Waals surface area contributed by atoms with Gasteiger partial charge in [-0.15, -0.1) is 0 Å². The van der Waals surface area contributed by atoms with Crippen LogP contribution < -0.4 is 5.32 Å². The van der Waals surface area contributed by atoms with Crippen LogP contribution in [-0.4, -0.2) is 61.6 Å². The molecule has 1 aliphatic heterocycles. The van der Waals surface area contributed by atoms with Gasteiger partial charge in [0.25, 0.3) is 0 Å². The third-order valence-corrected chi connectivity index (χ3v) is 7.16. The summed E-state index contributed by atoms with van der Waals surface area (Å²) >= 11 is 0. The van der Waals surface area contributed by atoms with Crippen LogP contribution >= 0.6 is 0 Å². The molecule has 2 rings (SSSR count). The van der Waals surface area contributed by atoms with Crippen molar-refractivity contribution in [3.05, 3.63) is 17.0 Å². The summed E-state index contributed by atoms with van der Waals surface area (Å²) in [5.74, 6) is 1.80. The van der Waals surface area contributed by atoms with E-state index in [2.05, 4.69) is 15.5 Å². The highest BCUT2D eigenvalue weighted by Gasteiger charge is 2.40. The highest BCUT2D eigenvalue weighted by atomic mass is 32.2. The summed E-state index contributed by atoms with van der Waals surface area (Å²) in [5, 5.41) is 7.30. The zero-order valence-corrected chi connectivity index (χ0v) is 16.0. The molecular formula is C16H28N4O3S. The predicted octanol–water partition coefficient (Wildman–Crippen LogP) is 1.31. The lowest BCUT2D eigenvalue weighted by atomic mass is 10.1. The average molecular weight is 356 g/mol. The van der Waals surface area contributed by atoms with E-state index in [-0.39, 0.29) is 5.75 Å². The van der Waals surface area contributed by atoms with Gasteiger partial charge in [-0.2, -0.15) is 0 Å². The van der Waals surface area contributed by atoms with Crippen LogP contribution in [0, 0.1) is 13.8 Å². The van der Waals surface area contributed by atoms with Crippen LogP contribution in [0.15, 0.2) is 9.52 Å². The van der Waals surface area contributed by atoms with Crippen LogP contribution in [0.2, 0.25) is 0 Å². The van der Waals surface area contributed by atoms with Gasteiger partial charge >= 0.3 is 0 Å². The molecule has 1 aromatic heterocycles. The molecular weight excluding hydrogens is 328 g/mol. The Morgan fingerprint density at radius 1 is 1.42 bits per heavy atom. The number of sulfone groups is 1. The van der Waals surface area contributed by atoms with E-state index in [9.17, 15) is 8.42 Å². The van der Waals surface area contributed by atoms with Gasteiger partial charge in [0, 0.05) is 32.2 Å².